The smallest absolute Gasteiger partial charge is 0.186 e. The third-order valence-corrected chi connectivity index (χ3v) is 3.98. The summed E-state index contributed by atoms with van der Waals surface area (Å²) in [6, 6.07) is 1.60. The van der Waals surface area contributed by atoms with Gasteiger partial charge in [-0.15, -0.1) is 0 Å². The van der Waals surface area contributed by atoms with Crippen LogP contribution in [0.15, 0.2) is 12.3 Å². The van der Waals surface area contributed by atoms with Gasteiger partial charge in [-0.3, -0.25) is 9.69 Å². The number of likely N-dealkylation sites (N-methyl/N-ethyl adjacent to an activating group) is 1. The molecule has 1 aromatic heterocycles. The lowest BCUT2D eigenvalue weighted by atomic mass is 9.87. The zero-order chi connectivity index (χ0) is 14.6. The van der Waals surface area contributed by atoms with Crippen molar-refractivity contribution in [1.29, 1.82) is 0 Å². The normalized spacial score (nSPS) is 14.4. The SMILES string of the molecule is CCN(CC)C(C)(CC)C(=O)c1cc(Cl)cnc1N. The summed E-state index contributed by atoms with van der Waals surface area (Å²) in [5.41, 5.74) is 5.64. The van der Waals surface area contributed by atoms with Gasteiger partial charge in [-0.2, -0.15) is 0 Å². The fraction of sp³-hybridized carbons (Fsp3) is 0.571. The van der Waals surface area contributed by atoms with Crippen LogP contribution in [0.25, 0.3) is 0 Å². The van der Waals surface area contributed by atoms with E-state index in [9.17, 15) is 4.79 Å². The third-order valence-electron chi connectivity index (χ3n) is 3.77. The van der Waals surface area contributed by atoms with Gasteiger partial charge in [-0.25, -0.2) is 4.98 Å². The fourth-order valence-electron chi connectivity index (χ4n) is 2.37. The number of Topliss-reactive ketones (excluding diaryl/α,β-unsaturated/α-hetero) is 1. The largest absolute Gasteiger partial charge is 0.383 e. The number of nitrogens with two attached hydrogens (primary N) is 1. The molecule has 1 aromatic rings. The quantitative estimate of drug-likeness (QED) is 0.815. The van der Waals surface area contributed by atoms with Gasteiger partial charge in [0.25, 0.3) is 0 Å². The second-order valence-corrected chi connectivity index (χ2v) is 5.15. The molecule has 0 saturated carbocycles. The van der Waals surface area contributed by atoms with Crippen LogP contribution < -0.4 is 5.73 Å². The molecule has 0 fully saturated rings. The molecule has 4 nitrogen and oxygen atoms in total. The molecule has 19 heavy (non-hydrogen) atoms. The van der Waals surface area contributed by atoms with Gasteiger partial charge < -0.3 is 5.73 Å². The van der Waals surface area contributed by atoms with Crippen molar-refractivity contribution in [3.63, 3.8) is 0 Å². The Kier molecular flexibility index (Phi) is 5.32. The van der Waals surface area contributed by atoms with Gasteiger partial charge in [0, 0.05) is 6.20 Å². The number of anilines is 1. The van der Waals surface area contributed by atoms with E-state index in [1.807, 2.05) is 27.7 Å². The monoisotopic (exact) mass is 283 g/mol. The van der Waals surface area contributed by atoms with Crippen molar-refractivity contribution >= 4 is 23.2 Å². The van der Waals surface area contributed by atoms with Crippen molar-refractivity contribution in [2.45, 2.75) is 39.7 Å². The second-order valence-electron chi connectivity index (χ2n) is 4.72. The van der Waals surface area contributed by atoms with Crippen LogP contribution in [0.5, 0.6) is 0 Å². The fourth-order valence-corrected chi connectivity index (χ4v) is 2.53. The van der Waals surface area contributed by atoms with Crippen LogP contribution in [0, 0.1) is 0 Å². The number of halogens is 1. The van der Waals surface area contributed by atoms with Gasteiger partial charge >= 0.3 is 0 Å². The molecule has 1 atom stereocenters. The van der Waals surface area contributed by atoms with E-state index < -0.39 is 5.54 Å². The maximum atomic E-state index is 12.8. The van der Waals surface area contributed by atoms with Gasteiger partial charge in [-0.05, 0) is 32.5 Å². The number of nitrogen functional groups attached to an aromatic ring is 1. The molecule has 0 aliphatic heterocycles. The lowest BCUT2D eigenvalue weighted by Crippen LogP contribution is -2.52. The molecular weight excluding hydrogens is 262 g/mol. The first-order valence-electron chi connectivity index (χ1n) is 6.61. The predicted molar refractivity (Wildman–Crippen MR) is 79.6 cm³/mol. The average Bonchev–Trinajstić information content (AvgIpc) is 2.41. The number of hydrogen-bond donors (Lipinski definition) is 1. The first-order chi connectivity index (χ1) is 8.90. The summed E-state index contributed by atoms with van der Waals surface area (Å²) >= 11 is 5.92. The first-order valence-corrected chi connectivity index (χ1v) is 6.99. The van der Waals surface area contributed by atoms with Crippen molar-refractivity contribution in [3.05, 3.63) is 22.8 Å². The Balaban J connectivity index is 3.25. The topological polar surface area (TPSA) is 59.2 Å². The molecule has 1 rings (SSSR count). The van der Waals surface area contributed by atoms with E-state index in [1.165, 1.54) is 6.20 Å². The summed E-state index contributed by atoms with van der Waals surface area (Å²) in [6.07, 6.45) is 2.16. The summed E-state index contributed by atoms with van der Waals surface area (Å²) < 4.78 is 0. The van der Waals surface area contributed by atoms with Crippen LogP contribution >= 0.6 is 11.6 Å². The van der Waals surface area contributed by atoms with Gasteiger partial charge in [0.1, 0.15) is 5.82 Å². The molecule has 0 bridgehead atoms. The van der Waals surface area contributed by atoms with E-state index >= 15 is 0 Å². The molecule has 0 amide bonds. The number of carbonyl (C=O) groups excluding carboxylic acids is 1. The highest BCUT2D eigenvalue weighted by molar-refractivity contribution is 6.31. The Morgan fingerprint density at radius 2 is 2.00 bits per heavy atom. The Morgan fingerprint density at radius 3 is 2.47 bits per heavy atom. The van der Waals surface area contributed by atoms with Crippen molar-refractivity contribution in [3.8, 4) is 0 Å². The average molecular weight is 284 g/mol. The summed E-state index contributed by atoms with van der Waals surface area (Å²) in [5.74, 6) is 0.215. The van der Waals surface area contributed by atoms with Crippen LogP contribution in [-0.2, 0) is 0 Å². The molecule has 1 heterocycles. The molecule has 1 unspecified atom stereocenters. The Labute approximate surface area is 120 Å². The first kappa shape index (κ1) is 15.9. The number of nitrogens with zero attached hydrogens (tertiary/aromatic N) is 2. The summed E-state index contributed by atoms with van der Waals surface area (Å²) in [7, 11) is 0. The molecule has 106 valence electrons. The molecule has 5 heteroatoms. The molecular formula is C14H22ClN3O. The molecule has 0 aliphatic carbocycles. The van der Waals surface area contributed by atoms with Crippen LogP contribution in [-0.4, -0.2) is 34.3 Å². The second kappa shape index (κ2) is 6.35. The minimum atomic E-state index is -0.579. The number of carbonyl (C=O) groups is 1. The van der Waals surface area contributed by atoms with Gasteiger partial charge in [0.15, 0.2) is 5.78 Å². The van der Waals surface area contributed by atoms with E-state index in [-0.39, 0.29) is 11.6 Å². The number of pyridine rings is 1. The minimum absolute atomic E-state index is 0.0220. The number of hydrogen-bond acceptors (Lipinski definition) is 4. The lowest BCUT2D eigenvalue weighted by Gasteiger charge is -2.38. The third kappa shape index (κ3) is 3.07. The molecule has 0 aromatic carbocycles. The molecule has 2 N–H and O–H groups in total. The van der Waals surface area contributed by atoms with Gasteiger partial charge in [0.05, 0.1) is 16.1 Å². The Hall–Kier alpha value is -1.13. The zero-order valence-electron chi connectivity index (χ0n) is 12.0. The molecule has 0 aliphatic rings. The van der Waals surface area contributed by atoms with Crippen molar-refractivity contribution in [2.75, 3.05) is 18.8 Å². The summed E-state index contributed by atoms with van der Waals surface area (Å²) in [5, 5.41) is 0.426. The van der Waals surface area contributed by atoms with Crippen LogP contribution in [0.2, 0.25) is 5.02 Å². The van der Waals surface area contributed by atoms with Crippen LogP contribution in [0.3, 0.4) is 0 Å². The predicted octanol–water partition coefficient (Wildman–Crippen LogP) is 3.01. The Bertz CT molecular complexity index is 460. The molecule has 0 saturated heterocycles. The van der Waals surface area contributed by atoms with E-state index in [0.29, 0.717) is 17.0 Å². The minimum Gasteiger partial charge on any atom is -0.383 e. The van der Waals surface area contributed by atoms with Gasteiger partial charge in [0.2, 0.25) is 0 Å². The highest BCUT2D eigenvalue weighted by atomic mass is 35.5. The molecule has 0 spiro atoms. The van der Waals surface area contributed by atoms with E-state index in [0.717, 1.165) is 13.1 Å². The maximum Gasteiger partial charge on any atom is 0.186 e. The van der Waals surface area contributed by atoms with Crippen molar-refractivity contribution in [1.82, 2.24) is 9.88 Å². The number of aromatic nitrogens is 1. The summed E-state index contributed by atoms with van der Waals surface area (Å²) in [6.45, 7) is 9.66. The maximum absolute atomic E-state index is 12.8. The highest BCUT2D eigenvalue weighted by Gasteiger charge is 2.37. The van der Waals surface area contributed by atoms with Crippen molar-refractivity contribution in [2.24, 2.45) is 0 Å². The van der Waals surface area contributed by atoms with Crippen molar-refractivity contribution < 1.29 is 4.79 Å². The van der Waals surface area contributed by atoms with Crippen LogP contribution in [0.4, 0.5) is 5.82 Å². The Morgan fingerprint density at radius 1 is 1.42 bits per heavy atom. The van der Waals surface area contributed by atoms with E-state index in [1.54, 1.807) is 6.07 Å². The standard InChI is InChI=1S/C14H22ClN3O/c1-5-14(4,18(6-2)7-3)12(19)11-8-10(15)9-17-13(11)16/h8-9H,5-7H2,1-4H3,(H2,16,17). The lowest BCUT2D eigenvalue weighted by molar-refractivity contribution is 0.0608. The van der Waals surface area contributed by atoms with Gasteiger partial charge in [-0.1, -0.05) is 32.4 Å². The van der Waals surface area contributed by atoms with E-state index in [2.05, 4.69) is 9.88 Å². The number of rotatable bonds is 6. The summed E-state index contributed by atoms with van der Waals surface area (Å²) in [4.78, 5) is 18.9. The zero-order valence-corrected chi connectivity index (χ0v) is 12.8. The highest BCUT2D eigenvalue weighted by Crippen LogP contribution is 2.27. The van der Waals surface area contributed by atoms with E-state index in [4.69, 9.17) is 17.3 Å². The van der Waals surface area contributed by atoms with Crippen LogP contribution in [0.1, 0.15) is 44.5 Å². The molecule has 0 radical (unpaired) electrons. The number of ketones is 1.